The summed E-state index contributed by atoms with van der Waals surface area (Å²) in [6.45, 7) is 5.43. The Balaban J connectivity index is 1.66. The zero-order chi connectivity index (χ0) is 16.7. The van der Waals surface area contributed by atoms with Crippen molar-refractivity contribution >= 4 is 23.9 Å². The zero-order valence-electron chi connectivity index (χ0n) is 14.4. The van der Waals surface area contributed by atoms with Gasteiger partial charge in [-0.1, -0.05) is 32.0 Å². The molecule has 4 heterocycles. The molecule has 0 amide bonds. The van der Waals surface area contributed by atoms with Gasteiger partial charge in [-0.05, 0) is 35.7 Å². The van der Waals surface area contributed by atoms with Crippen LogP contribution in [0.5, 0.6) is 5.75 Å². The molecule has 0 atom stereocenters. The molecule has 3 aliphatic heterocycles. The first kappa shape index (κ1) is 13.5. The second kappa shape index (κ2) is 4.45. The van der Waals surface area contributed by atoms with E-state index in [0.717, 1.165) is 12.3 Å². The maximum atomic E-state index is 6.42. The van der Waals surface area contributed by atoms with Gasteiger partial charge in [-0.25, -0.2) is 0 Å². The molecule has 0 fully saturated rings. The van der Waals surface area contributed by atoms with E-state index in [1.165, 1.54) is 39.2 Å². The van der Waals surface area contributed by atoms with Crippen LogP contribution in [0.1, 0.15) is 30.9 Å². The summed E-state index contributed by atoms with van der Waals surface area (Å²) in [5.74, 6) is 1.49. The summed E-state index contributed by atoms with van der Waals surface area (Å²) in [7, 11) is -0.0688. The van der Waals surface area contributed by atoms with Crippen LogP contribution in [-0.2, 0) is 6.54 Å². The molecule has 120 valence electrons. The first-order valence-corrected chi connectivity index (χ1v) is 8.97. The molecule has 25 heavy (non-hydrogen) atoms. The van der Waals surface area contributed by atoms with Crippen LogP contribution in [0, 0.1) is 0 Å². The Morgan fingerprint density at radius 3 is 2.88 bits per heavy atom. The first-order chi connectivity index (χ1) is 12.2. The van der Waals surface area contributed by atoms with Gasteiger partial charge in [0.25, 0.3) is 0 Å². The molecule has 2 aromatic carbocycles. The highest BCUT2D eigenvalue weighted by Crippen LogP contribution is 2.49. The normalized spacial score (nSPS) is 15.2. The van der Waals surface area contributed by atoms with Crippen molar-refractivity contribution < 1.29 is 9.22 Å². The van der Waals surface area contributed by atoms with Crippen molar-refractivity contribution in [3.05, 3.63) is 65.9 Å². The van der Waals surface area contributed by atoms with E-state index in [1.807, 2.05) is 0 Å². The Hall–Kier alpha value is -2.75. The average molecular weight is 325 g/mol. The second-order valence-corrected chi connectivity index (χ2v) is 7.47. The number of anilines is 2. The SMILES string of the molecule is CC(C)c1ccc2c(c1)N1B(O2)c2ccc[n+]3c2-c2c(cccc21)C3. The lowest BCUT2D eigenvalue weighted by Gasteiger charge is -2.28. The van der Waals surface area contributed by atoms with Crippen LogP contribution in [0.15, 0.2) is 54.7 Å². The minimum absolute atomic E-state index is 0.0688. The van der Waals surface area contributed by atoms with Gasteiger partial charge >= 0.3 is 7.05 Å². The molecule has 3 nitrogen and oxygen atoms in total. The Kier molecular flexibility index (Phi) is 2.41. The summed E-state index contributed by atoms with van der Waals surface area (Å²) < 4.78 is 8.77. The molecule has 0 aliphatic carbocycles. The second-order valence-electron chi connectivity index (χ2n) is 7.47. The third-order valence-electron chi connectivity index (χ3n) is 5.72. The van der Waals surface area contributed by atoms with Crippen molar-refractivity contribution in [2.45, 2.75) is 26.3 Å². The van der Waals surface area contributed by atoms with E-state index >= 15 is 0 Å². The fourth-order valence-corrected chi connectivity index (χ4v) is 4.50. The van der Waals surface area contributed by atoms with Crippen LogP contribution in [0.25, 0.3) is 11.3 Å². The number of pyridine rings is 1. The van der Waals surface area contributed by atoms with Gasteiger partial charge < -0.3 is 9.47 Å². The monoisotopic (exact) mass is 325 g/mol. The van der Waals surface area contributed by atoms with Gasteiger partial charge in [-0.3, -0.25) is 0 Å². The molecule has 0 radical (unpaired) electrons. The van der Waals surface area contributed by atoms with E-state index in [1.54, 1.807) is 0 Å². The van der Waals surface area contributed by atoms with Crippen molar-refractivity contribution in [3.63, 3.8) is 0 Å². The number of aromatic nitrogens is 1. The van der Waals surface area contributed by atoms with E-state index in [9.17, 15) is 0 Å². The Morgan fingerprint density at radius 1 is 1.08 bits per heavy atom. The molecule has 0 saturated carbocycles. The molecule has 6 rings (SSSR count). The number of hydrogen-bond acceptors (Lipinski definition) is 2. The molecule has 0 unspecified atom stereocenters. The van der Waals surface area contributed by atoms with E-state index in [4.69, 9.17) is 4.65 Å². The lowest BCUT2D eigenvalue weighted by Crippen LogP contribution is -2.53. The highest BCUT2D eigenvalue weighted by atomic mass is 16.5. The Morgan fingerprint density at radius 2 is 2.00 bits per heavy atom. The highest BCUT2D eigenvalue weighted by molar-refractivity contribution is 6.76. The maximum absolute atomic E-state index is 6.42. The molecule has 0 bridgehead atoms. The van der Waals surface area contributed by atoms with Gasteiger partial charge in [-0.2, -0.15) is 4.57 Å². The predicted molar refractivity (Wildman–Crippen MR) is 99.9 cm³/mol. The fraction of sp³-hybridized carbons (Fsp3) is 0.190. The zero-order valence-corrected chi connectivity index (χ0v) is 14.4. The summed E-state index contributed by atoms with van der Waals surface area (Å²) >= 11 is 0. The quantitative estimate of drug-likeness (QED) is 0.394. The van der Waals surface area contributed by atoms with Crippen LogP contribution in [-0.4, -0.2) is 7.05 Å². The molecular formula is C21H18BN2O+. The molecular weight excluding hydrogens is 307 g/mol. The van der Waals surface area contributed by atoms with E-state index in [-0.39, 0.29) is 7.05 Å². The highest BCUT2D eigenvalue weighted by Gasteiger charge is 2.50. The average Bonchev–Trinajstić information content (AvgIpc) is 3.19. The van der Waals surface area contributed by atoms with Gasteiger partial charge in [0.1, 0.15) is 5.75 Å². The van der Waals surface area contributed by atoms with Crippen LogP contribution >= 0.6 is 0 Å². The number of benzene rings is 2. The topological polar surface area (TPSA) is 16.4 Å². The molecule has 3 aliphatic rings. The summed E-state index contributed by atoms with van der Waals surface area (Å²) in [6.07, 6.45) is 2.18. The Bertz CT molecular complexity index is 1060. The van der Waals surface area contributed by atoms with Crippen LogP contribution in [0.3, 0.4) is 0 Å². The molecule has 1 aromatic heterocycles. The van der Waals surface area contributed by atoms with Crippen LogP contribution in [0.4, 0.5) is 11.4 Å². The van der Waals surface area contributed by atoms with Crippen LogP contribution in [0.2, 0.25) is 0 Å². The van der Waals surface area contributed by atoms with Gasteiger partial charge in [0.15, 0.2) is 12.7 Å². The van der Waals surface area contributed by atoms with Gasteiger partial charge in [-0.15, -0.1) is 0 Å². The Labute approximate surface area is 147 Å². The predicted octanol–water partition coefficient (Wildman–Crippen LogP) is 3.37. The third-order valence-corrected chi connectivity index (χ3v) is 5.72. The minimum Gasteiger partial charge on any atom is -0.536 e. The number of hydrogen-bond donors (Lipinski definition) is 0. The van der Waals surface area contributed by atoms with E-state index < -0.39 is 0 Å². The molecule has 3 aromatic rings. The minimum atomic E-state index is -0.0688. The largest absolute Gasteiger partial charge is 0.536 e. The lowest BCUT2D eigenvalue weighted by atomic mass is 9.66. The first-order valence-electron chi connectivity index (χ1n) is 8.97. The van der Waals surface area contributed by atoms with Crippen molar-refractivity contribution in [1.29, 1.82) is 0 Å². The molecule has 0 spiro atoms. The van der Waals surface area contributed by atoms with Crippen LogP contribution < -0.4 is 19.5 Å². The fourth-order valence-electron chi connectivity index (χ4n) is 4.50. The number of fused-ring (bicyclic) bond motifs is 5. The summed E-state index contributed by atoms with van der Waals surface area (Å²) in [4.78, 5) is 2.39. The number of rotatable bonds is 1. The standard InChI is InChI=1S/C21H18BN2O/c1-13(2)14-8-9-19-18(11-14)24-17-7-3-5-15-12-23-10-4-6-16(22(24)25-19)21(23)20(15)17/h3-11,13H,12H2,1-2H3/q+1. The van der Waals surface area contributed by atoms with Gasteiger partial charge in [0, 0.05) is 17.3 Å². The van der Waals surface area contributed by atoms with E-state index in [0.29, 0.717) is 5.92 Å². The summed E-state index contributed by atoms with van der Waals surface area (Å²) in [5, 5.41) is 0. The van der Waals surface area contributed by atoms with Crippen molar-refractivity contribution in [1.82, 2.24) is 0 Å². The third kappa shape index (κ3) is 1.60. The molecule has 0 N–H and O–H groups in total. The lowest BCUT2D eigenvalue weighted by molar-refractivity contribution is -0.671. The summed E-state index contributed by atoms with van der Waals surface area (Å²) in [5.41, 5.74) is 9.18. The number of nitrogens with zero attached hydrogens (tertiary/aromatic N) is 2. The van der Waals surface area contributed by atoms with Crippen molar-refractivity contribution in [2.75, 3.05) is 4.81 Å². The van der Waals surface area contributed by atoms with Crippen molar-refractivity contribution in [3.8, 4) is 17.0 Å². The van der Waals surface area contributed by atoms with Crippen molar-refractivity contribution in [2.24, 2.45) is 0 Å². The smallest absolute Gasteiger partial charge is 0.531 e. The van der Waals surface area contributed by atoms with E-state index in [2.05, 4.69) is 78.0 Å². The molecule has 4 heteroatoms. The molecule has 0 saturated heterocycles. The van der Waals surface area contributed by atoms with Gasteiger partial charge in [0.2, 0.25) is 5.69 Å². The maximum Gasteiger partial charge on any atom is 0.531 e. The summed E-state index contributed by atoms with van der Waals surface area (Å²) in [6, 6.07) is 17.6. The van der Waals surface area contributed by atoms with Gasteiger partial charge in [0.05, 0.1) is 16.7 Å².